The first kappa shape index (κ1) is 14.5. The van der Waals surface area contributed by atoms with Gasteiger partial charge in [0.1, 0.15) is 9.09 Å². The van der Waals surface area contributed by atoms with Crippen LogP contribution in [0.25, 0.3) is 0 Å². The van der Waals surface area contributed by atoms with Gasteiger partial charge in [-0.3, -0.25) is 4.72 Å². The molecule has 2 rings (SSSR count). The fourth-order valence-corrected chi connectivity index (χ4v) is 3.80. The lowest BCUT2D eigenvalue weighted by Gasteiger charge is -2.06. The summed E-state index contributed by atoms with van der Waals surface area (Å²) in [6, 6.07) is 9.62. The molecule has 106 valence electrons. The molecule has 0 aliphatic carbocycles. The van der Waals surface area contributed by atoms with E-state index in [1.807, 2.05) is 19.1 Å². The number of thiophene rings is 1. The van der Waals surface area contributed by atoms with Crippen molar-refractivity contribution in [2.24, 2.45) is 0 Å². The molecule has 7 heteroatoms. The van der Waals surface area contributed by atoms with Crippen molar-refractivity contribution in [2.45, 2.75) is 17.6 Å². The van der Waals surface area contributed by atoms with Crippen LogP contribution in [0.3, 0.4) is 0 Å². The number of carbonyl (C=O) groups is 1. The maximum atomic E-state index is 12.1. The van der Waals surface area contributed by atoms with Gasteiger partial charge in [-0.15, -0.1) is 11.3 Å². The van der Waals surface area contributed by atoms with Gasteiger partial charge in [-0.05, 0) is 36.2 Å². The van der Waals surface area contributed by atoms with Crippen LogP contribution in [0.2, 0.25) is 0 Å². The van der Waals surface area contributed by atoms with Gasteiger partial charge in [0, 0.05) is 5.69 Å². The number of carboxylic acid groups (broad SMARTS) is 1. The van der Waals surface area contributed by atoms with Crippen LogP contribution in [0.1, 0.15) is 22.2 Å². The predicted molar refractivity (Wildman–Crippen MR) is 77.9 cm³/mol. The minimum atomic E-state index is -3.74. The van der Waals surface area contributed by atoms with E-state index in [0.717, 1.165) is 23.3 Å². The summed E-state index contributed by atoms with van der Waals surface area (Å²) in [5.41, 5.74) is 1.56. The van der Waals surface area contributed by atoms with Gasteiger partial charge in [0.25, 0.3) is 10.0 Å². The van der Waals surface area contributed by atoms with Gasteiger partial charge in [0.2, 0.25) is 0 Å². The number of sulfonamides is 1. The zero-order chi connectivity index (χ0) is 14.8. The van der Waals surface area contributed by atoms with Crippen LogP contribution in [-0.2, 0) is 16.4 Å². The summed E-state index contributed by atoms with van der Waals surface area (Å²) >= 11 is 0.725. The van der Waals surface area contributed by atoms with Crippen LogP contribution in [0.5, 0.6) is 0 Å². The van der Waals surface area contributed by atoms with Gasteiger partial charge in [-0.25, -0.2) is 13.2 Å². The molecule has 1 aromatic heterocycles. The van der Waals surface area contributed by atoms with E-state index in [-0.39, 0.29) is 9.09 Å². The Morgan fingerprint density at radius 1 is 1.20 bits per heavy atom. The van der Waals surface area contributed by atoms with E-state index in [1.165, 1.54) is 12.1 Å². The van der Waals surface area contributed by atoms with E-state index in [1.54, 1.807) is 12.1 Å². The highest BCUT2D eigenvalue weighted by molar-refractivity contribution is 7.94. The van der Waals surface area contributed by atoms with Crippen LogP contribution >= 0.6 is 11.3 Å². The third-order valence-corrected chi connectivity index (χ3v) is 5.62. The molecule has 0 fully saturated rings. The monoisotopic (exact) mass is 311 g/mol. The summed E-state index contributed by atoms with van der Waals surface area (Å²) < 4.78 is 26.6. The van der Waals surface area contributed by atoms with Gasteiger partial charge >= 0.3 is 5.97 Å². The van der Waals surface area contributed by atoms with E-state index in [9.17, 15) is 13.2 Å². The second-order valence-electron chi connectivity index (χ2n) is 4.08. The number of nitrogens with one attached hydrogen (secondary N) is 1. The van der Waals surface area contributed by atoms with E-state index in [4.69, 9.17) is 5.11 Å². The maximum Gasteiger partial charge on any atom is 0.345 e. The van der Waals surface area contributed by atoms with Crippen LogP contribution in [0, 0.1) is 0 Å². The number of aromatic carboxylic acids is 1. The first-order valence-electron chi connectivity index (χ1n) is 5.87. The summed E-state index contributed by atoms with van der Waals surface area (Å²) in [7, 11) is -3.74. The number of anilines is 1. The third kappa shape index (κ3) is 3.17. The summed E-state index contributed by atoms with van der Waals surface area (Å²) in [5, 5.41) is 8.81. The number of rotatable bonds is 5. The minimum Gasteiger partial charge on any atom is -0.477 e. The number of hydrogen-bond acceptors (Lipinski definition) is 4. The van der Waals surface area contributed by atoms with E-state index < -0.39 is 16.0 Å². The van der Waals surface area contributed by atoms with Gasteiger partial charge in [0.15, 0.2) is 0 Å². The predicted octanol–water partition coefficient (Wildman–Crippen LogP) is 2.81. The van der Waals surface area contributed by atoms with Crippen molar-refractivity contribution in [3.05, 3.63) is 46.8 Å². The standard InChI is InChI=1S/C13H13NO4S2/c1-2-9-3-5-10(6-4-9)14-20(17,18)12-8-7-11(19-12)13(15)16/h3-8,14H,2H2,1H3,(H,15,16). The molecule has 2 aromatic rings. The van der Waals surface area contributed by atoms with Gasteiger partial charge in [0.05, 0.1) is 0 Å². The van der Waals surface area contributed by atoms with Crippen molar-refractivity contribution < 1.29 is 18.3 Å². The van der Waals surface area contributed by atoms with Crippen molar-refractivity contribution in [3.8, 4) is 0 Å². The minimum absolute atomic E-state index is 0.00768. The SMILES string of the molecule is CCc1ccc(NS(=O)(=O)c2ccc(C(=O)O)s2)cc1. The second-order valence-corrected chi connectivity index (χ2v) is 7.07. The molecule has 0 aliphatic rings. The Morgan fingerprint density at radius 2 is 1.85 bits per heavy atom. The Balaban J connectivity index is 2.23. The van der Waals surface area contributed by atoms with Gasteiger partial charge < -0.3 is 5.11 Å². The van der Waals surface area contributed by atoms with Crippen molar-refractivity contribution in [1.82, 2.24) is 0 Å². The third-order valence-electron chi connectivity index (χ3n) is 2.67. The molecule has 0 bridgehead atoms. The highest BCUT2D eigenvalue weighted by atomic mass is 32.2. The summed E-state index contributed by atoms with van der Waals surface area (Å²) in [6.07, 6.45) is 0.875. The van der Waals surface area contributed by atoms with E-state index >= 15 is 0 Å². The van der Waals surface area contributed by atoms with E-state index in [0.29, 0.717) is 5.69 Å². The van der Waals surface area contributed by atoms with Crippen molar-refractivity contribution in [3.63, 3.8) is 0 Å². The quantitative estimate of drug-likeness (QED) is 0.889. The number of aryl methyl sites for hydroxylation is 1. The molecule has 5 nitrogen and oxygen atoms in total. The Labute approximate surface area is 120 Å². The zero-order valence-electron chi connectivity index (χ0n) is 10.7. The molecule has 0 unspecified atom stereocenters. The Bertz CT molecular complexity index is 717. The molecular formula is C13H13NO4S2. The topological polar surface area (TPSA) is 83.5 Å². The lowest BCUT2D eigenvalue weighted by Crippen LogP contribution is -2.11. The lowest BCUT2D eigenvalue weighted by molar-refractivity contribution is 0.0702. The molecule has 0 spiro atoms. The lowest BCUT2D eigenvalue weighted by atomic mass is 10.2. The fraction of sp³-hybridized carbons (Fsp3) is 0.154. The largest absolute Gasteiger partial charge is 0.477 e. The Morgan fingerprint density at radius 3 is 2.35 bits per heavy atom. The fourth-order valence-electron chi connectivity index (χ4n) is 1.59. The smallest absolute Gasteiger partial charge is 0.345 e. The number of benzene rings is 1. The molecule has 1 aromatic carbocycles. The maximum absolute atomic E-state index is 12.1. The molecule has 20 heavy (non-hydrogen) atoms. The molecule has 0 saturated heterocycles. The Hall–Kier alpha value is -1.86. The second kappa shape index (κ2) is 5.64. The molecule has 0 radical (unpaired) electrons. The molecule has 2 N–H and O–H groups in total. The molecule has 0 atom stereocenters. The highest BCUT2D eigenvalue weighted by Gasteiger charge is 2.19. The van der Waals surface area contributed by atoms with Crippen LogP contribution in [0.15, 0.2) is 40.6 Å². The normalized spacial score (nSPS) is 11.2. The Kier molecular flexibility index (Phi) is 4.10. The van der Waals surface area contributed by atoms with Crippen molar-refractivity contribution in [2.75, 3.05) is 4.72 Å². The van der Waals surface area contributed by atoms with Gasteiger partial charge in [-0.1, -0.05) is 19.1 Å². The first-order valence-corrected chi connectivity index (χ1v) is 8.17. The molecule has 1 heterocycles. The average molecular weight is 311 g/mol. The first-order chi connectivity index (χ1) is 9.42. The summed E-state index contributed by atoms with van der Waals surface area (Å²) in [5.74, 6) is -1.14. The molecule has 0 amide bonds. The highest BCUT2D eigenvalue weighted by Crippen LogP contribution is 2.24. The number of hydrogen-bond donors (Lipinski definition) is 2. The molecule has 0 saturated carbocycles. The van der Waals surface area contributed by atoms with Gasteiger partial charge in [-0.2, -0.15) is 0 Å². The van der Waals surface area contributed by atoms with Crippen molar-refractivity contribution >= 4 is 33.0 Å². The zero-order valence-corrected chi connectivity index (χ0v) is 12.3. The van der Waals surface area contributed by atoms with Crippen LogP contribution < -0.4 is 4.72 Å². The molecular weight excluding hydrogens is 298 g/mol. The van der Waals surface area contributed by atoms with Crippen molar-refractivity contribution in [1.29, 1.82) is 0 Å². The van der Waals surface area contributed by atoms with Crippen LogP contribution in [0.4, 0.5) is 5.69 Å². The van der Waals surface area contributed by atoms with Crippen LogP contribution in [-0.4, -0.2) is 19.5 Å². The summed E-state index contributed by atoms with van der Waals surface area (Å²) in [4.78, 5) is 10.8. The number of carboxylic acids is 1. The molecule has 0 aliphatic heterocycles. The summed E-state index contributed by atoms with van der Waals surface area (Å²) in [6.45, 7) is 2.01. The van der Waals surface area contributed by atoms with E-state index in [2.05, 4.69) is 4.72 Å². The average Bonchev–Trinajstić information content (AvgIpc) is 2.90.